The van der Waals surface area contributed by atoms with Crippen molar-refractivity contribution in [1.29, 1.82) is 0 Å². The Balaban J connectivity index is 0.000000451. The summed E-state index contributed by atoms with van der Waals surface area (Å²) in [7, 11) is -3.54. The number of hydrogen-bond acceptors (Lipinski definition) is 6. The van der Waals surface area contributed by atoms with Gasteiger partial charge in [-0.25, -0.2) is 13.2 Å². The second-order valence-corrected chi connectivity index (χ2v) is 9.58. The van der Waals surface area contributed by atoms with Crippen LogP contribution < -0.4 is 5.73 Å². The number of piperidine rings is 1. The molecule has 1 aliphatic rings. The number of H-pyrrole nitrogens is 1. The molecule has 0 amide bonds. The Kier molecular flexibility index (Phi) is 8.39. The molecule has 1 aliphatic heterocycles. The van der Waals surface area contributed by atoms with Gasteiger partial charge in [-0.3, -0.25) is 5.10 Å². The number of carbonyl (C=O) groups is 1. The molecule has 0 spiro atoms. The predicted molar refractivity (Wildman–Crippen MR) is 109 cm³/mol. The number of nitrogens with two attached hydrogens (primary N) is 1. The minimum absolute atomic E-state index is 0.00431. The van der Waals surface area contributed by atoms with Crippen LogP contribution in [0.4, 0.5) is 13.2 Å². The lowest BCUT2D eigenvalue weighted by Crippen LogP contribution is -2.40. The van der Waals surface area contributed by atoms with E-state index in [9.17, 15) is 26.7 Å². The van der Waals surface area contributed by atoms with Gasteiger partial charge in [-0.1, -0.05) is 23.2 Å². The topological polar surface area (TPSA) is 150 Å². The molecule has 0 radical (unpaired) electrons. The van der Waals surface area contributed by atoms with Gasteiger partial charge in [-0.05, 0) is 24.8 Å². The third-order valence-corrected chi connectivity index (χ3v) is 7.37. The summed E-state index contributed by atoms with van der Waals surface area (Å²) in [6.07, 6.45) is -1.27. The number of carboxylic acid groups (broad SMARTS) is 1. The number of aromatic nitrogens is 2. The van der Waals surface area contributed by atoms with Crippen LogP contribution in [0.5, 0.6) is 5.75 Å². The molecular weight excluding hydrogens is 500 g/mol. The van der Waals surface area contributed by atoms with Gasteiger partial charge in [0.15, 0.2) is 0 Å². The molecule has 1 aromatic carbocycles. The van der Waals surface area contributed by atoms with Gasteiger partial charge in [0.05, 0.1) is 16.2 Å². The standard InChI is InChI=1S/C15H18Cl2N4O3S.C2HF3O2/c16-12-5-11(14(22)6-13(12)17)15(18)9-1-3-21(4-2-9)25(23,24)10-7-19-20-8-10;3-2(4,5)1(6)7/h5-9,15,22H,1-4,18H2,(H,19,20);(H,6,7)/t15-;/m1./s1. The maximum atomic E-state index is 12.5. The number of halogens is 5. The molecule has 0 unspecified atom stereocenters. The molecule has 32 heavy (non-hydrogen) atoms. The Morgan fingerprint density at radius 3 is 2.25 bits per heavy atom. The minimum atomic E-state index is -5.08. The van der Waals surface area contributed by atoms with Crippen molar-refractivity contribution in [3.63, 3.8) is 0 Å². The molecule has 1 saturated heterocycles. The zero-order valence-corrected chi connectivity index (χ0v) is 18.5. The summed E-state index contributed by atoms with van der Waals surface area (Å²) in [6, 6.07) is 2.49. The second kappa shape index (κ2) is 10.3. The van der Waals surface area contributed by atoms with Crippen LogP contribution in [0.1, 0.15) is 24.4 Å². The zero-order chi connectivity index (χ0) is 24.3. The van der Waals surface area contributed by atoms with Gasteiger partial charge in [0.25, 0.3) is 0 Å². The first-order valence-corrected chi connectivity index (χ1v) is 11.2. The van der Waals surface area contributed by atoms with Gasteiger partial charge < -0.3 is 15.9 Å². The number of hydrogen-bond donors (Lipinski definition) is 4. The van der Waals surface area contributed by atoms with Crippen LogP contribution in [0.15, 0.2) is 29.4 Å². The number of phenols is 1. The first-order chi connectivity index (χ1) is 14.7. The number of aromatic amines is 1. The molecule has 15 heteroatoms. The van der Waals surface area contributed by atoms with Crippen molar-refractivity contribution in [3.05, 3.63) is 40.1 Å². The van der Waals surface area contributed by atoms with E-state index in [1.807, 2.05) is 0 Å². The van der Waals surface area contributed by atoms with Crippen LogP contribution in [0.25, 0.3) is 0 Å². The van der Waals surface area contributed by atoms with Gasteiger partial charge in [0.2, 0.25) is 10.0 Å². The molecule has 1 fully saturated rings. The number of sulfonamides is 1. The summed E-state index contributed by atoms with van der Waals surface area (Å²) in [5, 5.41) is 24.0. The van der Waals surface area contributed by atoms with Gasteiger partial charge >= 0.3 is 12.1 Å². The Hall–Kier alpha value is -2.06. The van der Waals surface area contributed by atoms with E-state index in [2.05, 4.69) is 10.2 Å². The molecular formula is C17H19Cl2F3N4O5S. The second-order valence-electron chi connectivity index (χ2n) is 6.83. The average molecular weight is 519 g/mol. The third kappa shape index (κ3) is 6.25. The molecule has 5 N–H and O–H groups in total. The first-order valence-electron chi connectivity index (χ1n) is 8.97. The normalized spacial score (nSPS) is 16.8. The fourth-order valence-corrected chi connectivity index (χ4v) is 4.78. The lowest BCUT2D eigenvalue weighted by atomic mass is 9.86. The summed E-state index contributed by atoms with van der Waals surface area (Å²) in [5.41, 5.74) is 6.81. The van der Waals surface area contributed by atoms with E-state index >= 15 is 0 Å². The summed E-state index contributed by atoms with van der Waals surface area (Å²) in [5.74, 6) is -2.73. The van der Waals surface area contributed by atoms with Crippen molar-refractivity contribution < 1.29 is 36.6 Å². The number of phenolic OH excluding ortho intramolecular Hbond substituents is 1. The molecule has 178 valence electrons. The van der Waals surface area contributed by atoms with Gasteiger partial charge in [0.1, 0.15) is 10.6 Å². The third-order valence-electron chi connectivity index (χ3n) is 4.79. The van der Waals surface area contributed by atoms with E-state index < -0.39 is 28.2 Å². The molecule has 1 aromatic heterocycles. The Labute approximate surface area is 191 Å². The highest BCUT2D eigenvalue weighted by molar-refractivity contribution is 7.89. The molecule has 9 nitrogen and oxygen atoms in total. The van der Waals surface area contributed by atoms with E-state index in [0.29, 0.717) is 36.5 Å². The number of alkyl halides is 3. The fourth-order valence-electron chi connectivity index (χ4n) is 3.08. The monoisotopic (exact) mass is 518 g/mol. The average Bonchev–Trinajstić information content (AvgIpc) is 3.26. The number of nitrogens with zero attached hydrogens (tertiary/aromatic N) is 2. The molecule has 0 aliphatic carbocycles. The smallest absolute Gasteiger partial charge is 0.490 e. The molecule has 0 saturated carbocycles. The lowest BCUT2D eigenvalue weighted by molar-refractivity contribution is -0.192. The number of carboxylic acids is 1. The van der Waals surface area contributed by atoms with E-state index in [0.717, 1.165) is 0 Å². The summed E-state index contributed by atoms with van der Waals surface area (Å²) >= 11 is 11.9. The molecule has 2 heterocycles. The van der Waals surface area contributed by atoms with Crippen LogP contribution in [-0.2, 0) is 14.8 Å². The van der Waals surface area contributed by atoms with Gasteiger partial charge in [-0.15, -0.1) is 0 Å². The van der Waals surface area contributed by atoms with Crippen molar-refractivity contribution in [1.82, 2.24) is 14.5 Å². The van der Waals surface area contributed by atoms with Gasteiger partial charge in [0, 0.05) is 37.0 Å². The fraction of sp³-hybridized carbons (Fsp3) is 0.412. The lowest BCUT2D eigenvalue weighted by Gasteiger charge is -2.34. The summed E-state index contributed by atoms with van der Waals surface area (Å²) in [6.45, 7) is 0.710. The van der Waals surface area contributed by atoms with E-state index in [1.165, 1.54) is 22.8 Å². The number of nitrogens with one attached hydrogen (secondary N) is 1. The number of aliphatic carboxylic acids is 1. The Bertz CT molecular complexity index is 1040. The van der Waals surface area contributed by atoms with Crippen LogP contribution in [0.2, 0.25) is 10.0 Å². The van der Waals surface area contributed by atoms with Crippen molar-refractivity contribution in [2.24, 2.45) is 11.7 Å². The van der Waals surface area contributed by atoms with Crippen LogP contribution in [-0.4, -0.2) is 58.4 Å². The van der Waals surface area contributed by atoms with Crippen LogP contribution in [0, 0.1) is 5.92 Å². The Morgan fingerprint density at radius 2 is 1.78 bits per heavy atom. The molecule has 1 atom stereocenters. The molecule has 3 rings (SSSR count). The zero-order valence-electron chi connectivity index (χ0n) is 16.2. The van der Waals surface area contributed by atoms with Crippen LogP contribution >= 0.6 is 23.2 Å². The van der Waals surface area contributed by atoms with Crippen molar-refractivity contribution in [2.75, 3.05) is 13.1 Å². The number of aromatic hydroxyl groups is 1. The number of benzene rings is 1. The summed E-state index contributed by atoms with van der Waals surface area (Å²) < 4.78 is 58.1. The highest BCUT2D eigenvalue weighted by Crippen LogP contribution is 2.38. The maximum Gasteiger partial charge on any atom is 0.490 e. The molecule has 2 aromatic rings. The minimum Gasteiger partial charge on any atom is -0.508 e. The Morgan fingerprint density at radius 1 is 1.25 bits per heavy atom. The van der Waals surface area contributed by atoms with Crippen molar-refractivity contribution in [3.8, 4) is 5.75 Å². The summed E-state index contributed by atoms with van der Waals surface area (Å²) in [4.78, 5) is 9.05. The van der Waals surface area contributed by atoms with E-state index in [1.54, 1.807) is 6.07 Å². The maximum absolute atomic E-state index is 12.5. The van der Waals surface area contributed by atoms with E-state index in [4.69, 9.17) is 38.8 Å². The highest BCUT2D eigenvalue weighted by Gasteiger charge is 2.38. The van der Waals surface area contributed by atoms with Crippen molar-refractivity contribution >= 4 is 39.2 Å². The largest absolute Gasteiger partial charge is 0.508 e. The first kappa shape index (κ1) is 26.2. The van der Waals surface area contributed by atoms with Crippen molar-refractivity contribution in [2.45, 2.75) is 30.0 Å². The van der Waals surface area contributed by atoms with Gasteiger partial charge in [-0.2, -0.15) is 22.6 Å². The van der Waals surface area contributed by atoms with Crippen LogP contribution in [0.3, 0.4) is 0 Å². The van der Waals surface area contributed by atoms with E-state index in [-0.39, 0.29) is 21.6 Å². The quantitative estimate of drug-likeness (QED) is 0.485. The predicted octanol–water partition coefficient (Wildman–Crippen LogP) is 3.16. The number of rotatable bonds is 4. The highest BCUT2D eigenvalue weighted by atomic mass is 35.5. The molecule has 0 bridgehead atoms. The SMILES string of the molecule is N[C@@H](c1cc(Cl)c(Cl)cc1O)C1CCN(S(=O)(=O)c2cn[nH]c2)CC1.O=C(O)C(F)(F)F.